The minimum atomic E-state index is -1.78. The second-order valence-corrected chi connectivity index (χ2v) is 19.7. The average Bonchev–Trinajstić information content (AvgIpc) is 3.37. The summed E-state index contributed by atoms with van der Waals surface area (Å²) in [5.41, 5.74) is 0. The van der Waals surface area contributed by atoms with Crippen LogP contribution in [0.3, 0.4) is 0 Å². The van der Waals surface area contributed by atoms with Crippen molar-refractivity contribution in [3.8, 4) is 0 Å². The number of hydrogen-bond acceptors (Lipinski definition) is 13. The predicted octanol–water partition coefficient (Wildman–Crippen LogP) is 8.61. The van der Waals surface area contributed by atoms with Gasteiger partial charge in [-0.3, -0.25) is 4.79 Å². The molecule has 1 amide bonds. The molecule has 12 atom stereocenters. The molecule has 0 aromatic heterocycles. The Morgan fingerprint density at radius 1 is 0.521 bits per heavy atom. The van der Waals surface area contributed by atoms with Gasteiger partial charge in [-0.2, -0.15) is 0 Å². The van der Waals surface area contributed by atoms with E-state index in [2.05, 4.69) is 79.9 Å². The molecular weight excluding hydrogens is 907 g/mol. The molecule has 0 aromatic rings. The number of amides is 1. The summed E-state index contributed by atoms with van der Waals surface area (Å²) in [4.78, 5) is 13.2. The van der Waals surface area contributed by atoms with E-state index in [9.17, 15) is 45.6 Å². The van der Waals surface area contributed by atoms with Crippen molar-refractivity contribution >= 4 is 5.91 Å². The summed E-state index contributed by atoms with van der Waals surface area (Å²) in [6, 6.07) is -0.837. The number of aliphatic hydroxyl groups excluding tert-OH is 8. The first-order valence-corrected chi connectivity index (χ1v) is 28.0. The normalized spacial score (nSPS) is 26.2. The van der Waals surface area contributed by atoms with Crippen LogP contribution in [0, 0.1) is 0 Å². The molecule has 0 radical (unpaired) electrons. The van der Waals surface area contributed by atoms with Gasteiger partial charge in [0.25, 0.3) is 0 Å². The highest BCUT2D eigenvalue weighted by atomic mass is 16.7. The third-order valence-electron chi connectivity index (χ3n) is 13.5. The van der Waals surface area contributed by atoms with Crippen LogP contribution in [0.1, 0.15) is 200 Å². The van der Waals surface area contributed by atoms with Gasteiger partial charge in [-0.15, -0.1) is 0 Å². The number of aliphatic hydroxyl groups is 8. The molecule has 2 fully saturated rings. The fourth-order valence-corrected chi connectivity index (χ4v) is 8.97. The van der Waals surface area contributed by atoms with Crippen LogP contribution in [0.25, 0.3) is 0 Å². The van der Waals surface area contributed by atoms with Gasteiger partial charge in [0.2, 0.25) is 5.91 Å². The van der Waals surface area contributed by atoms with E-state index in [1.165, 1.54) is 70.6 Å². The Hall–Kier alpha value is -2.31. The summed E-state index contributed by atoms with van der Waals surface area (Å²) in [6.45, 7) is 2.73. The van der Waals surface area contributed by atoms with Crippen molar-refractivity contribution in [1.82, 2.24) is 5.32 Å². The molecule has 12 unspecified atom stereocenters. The first-order chi connectivity index (χ1) is 34.6. The van der Waals surface area contributed by atoms with Gasteiger partial charge < -0.3 is 65.1 Å². The van der Waals surface area contributed by atoms with Gasteiger partial charge >= 0.3 is 0 Å². The number of hydrogen-bond donors (Lipinski definition) is 9. The first kappa shape index (κ1) is 64.8. The maximum Gasteiger partial charge on any atom is 0.220 e. The summed E-state index contributed by atoms with van der Waals surface area (Å²) >= 11 is 0. The molecule has 2 rings (SSSR count). The quantitative estimate of drug-likeness (QED) is 0.0206. The zero-order chi connectivity index (χ0) is 51.7. The monoisotopic (exact) mass is 1010 g/mol. The molecule has 0 spiro atoms. The fraction of sp³-hybridized carbons (Fsp3) is 0.807. The SMILES string of the molecule is CC/C=C\C/C=C\C/C=C\C/C=C\C/C=C\CCCCCCCCCC(=O)NC(COC1OC(CO)C(OC2OC(CO)C(O)C(O)C2O)C(O)C1O)C(O)CCCCCCCCCCCCCCCC. The lowest BCUT2D eigenvalue weighted by molar-refractivity contribution is -0.359. The van der Waals surface area contributed by atoms with E-state index in [1.54, 1.807) is 0 Å². The fourth-order valence-electron chi connectivity index (χ4n) is 8.97. The van der Waals surface area contributed by atoms with Crippen molar-refractivity contribution in [3.63, 3.8) is 0 Å². The second-order valence-electron chi connectivity index (χ2n) is 19.7. The van der Waals surface area contributed by atoms with Gasteiger partial charge in [0.05, 0.1) is 32.0 Å². The number of carbonyl (C=O) groups excluding carboxylic acids is 1. The van der Waals surface area contributed by atoms with E-state index >= 15 is 0 Å². The zero-order valence-electron chi connectivity index (χ0n) is 43.9. The molecule has 2 aliphatic rings. The van der Waals surface area contributed by atoms with Crippen LogP contribution in [0.4, 0.5) is 0 Å². The van der Waals surface area contributed by atoms with E-state index in [0.29, 0.717) is 12.8 Å². The Kier molecular flexibility index (Phi) is 39.2. The van der Waals surface area contributed by atoms with E-state index < -0.39 is 86.8 Å². The molecule has 0 saturated carbocycles. The summed E-state index contributed by atoms with van der Waals surface area (Å²) in [5, 5.41) is 87.1. The zero-order valence-corrected chi connectivity index (χ0v) is 43.9. The van der Waals surface area contributed by atoms with Crippen LogP contribution in [0.15, 0.2) is 60.8 Å². The predicted molar refractivity (Wildman–Crippen MR) is 281 cm³/mol. The lowest BCUT2D eigenvalue weighted by atomic mass is 9.97. The minimum Gasteiger partial charge on any atom is -0.394 e. The Labute approximate surface area is 428 Å². The van der Waals surface area contributed by atoms with Gasteiger partial charge in [0, 0.05) is 6.42 Å². The number of unbranched alkanes of at least 4 members (excludes halogenated alkanes) is 20. The van der Waals surface area contributed by atoms with Crippen molar-refractivity contribution in [1.29, 1.82) is 0 Å². The molecule has 14 heteroatoms. The van der Waals surface area contributed by atoms with Crippen molar-refractivity contribution in [3.05, 3.63) is 60.8 Å². The topological polar surface area (TPSA) is 228 Å². The molecule has 14 nitrogen and oxygen atoms in total. The molecule has 0 aliphatic carbocycles. The number of nitrogens with one attached hydrogen (secondary N) is 1. The van der Waals surface area contributed by atoms with Crippen molar-refractivity contribution in [2.24, 2.45) is 0 Å². The second kappa shape index (κ2) is 43.0. The first-order valence-electron chi connectivity index (χ1n) is 28.0. The minimum absolute atomic E-state index is 0.220. The van der Waals surface area contributed by atoms with Gasteiger partial charge in [-0.05, 0) is 57.8 Å². The third kappa shape index (κ3) is 29.4. The molecule has 0 bridgehead atoms. The molecule has 2 saturated heterocycles. The summed E-state index contributed by atoms with van der Waals surface area (Å²) in [6.07, 6.45) is 36.4. The Morgan fingerprint density at radius 2 is 0.972 bits per heavy atom. The van der Waals surface area contributed by atoms with E-state index in [4.69, 9.17) is 18.9 Å². The van der Waals surface area contributed by atoms with Crippen LogP contribution in [0.5, 0.6) is 0 Å². The highest BCUT2D eigenvalue weighted by molar-refractivity contribution is 5.76. The largest absolute Gasteiger partial charge is 0.394 e. The number of ether oxygens (including phenoxy) is 4. The van der Waals surface area contributed by atoms with Crippen LogP contribution in [-0.4, -0.2) is 140 Å². The maximum absolute atomic E-state index is 13.2. The van der Waals surface area contributed by atoms with Crippen molar-refractivity contribution < 1.29 is 64.6 Å². The standard InChI is InChI=1S/C57H101NO13/c1-3-5-7-9-11-13-15-17-19-20-21-22-23-24-25-26-27-29-31-33-35-37-39-41-49(62)58-45(46(61)40-38-36-34-32-30-28-18-16-14-12-10-8-6-4-2)44-68-56-54(67)52(65)55(48(43-60)70-56)71-57-53(66)51(64)50(63)47(42-59)69-57/h5,7,11,13,17,19,21-22,24-25,45-48,50-57,59-61,63-67H,3-4,6,8-10,12,14-16,18,20,23,26-44H2,1-2H3,(H,58,62)/b7-5-,13-11-,19-17-,22-21-,25-24-. The van der Waals surface area contributed by atoms with Gasteiger partial charge in [-0.25, -0.2) is 0 Å². The van der Waals surface area contributed by atoms with Crippen LogP contribution in [0.2, 0.25) is 0 Å². The molecule has 9 N–H and O–H groups in total. The Morgan fingerprint density at radius 3 is 1.49 bits per heavy atom. The molecular formula is C57H101NO13. The van der Waals surface area contributed by atoms with E-state index in [1.807, 2.05) is 0 Å². The van der Waals surface area contributed by atoms with Crippen LogP contribution < -0.4 is 5.32 Å². The van der Waals surface area contributed by atoms with Gasteiger partial charge in [-0.1, -0.05) is 197 Å². The summed E-state index contributed by atoms with van der Waals surface area (Å²) < 4.78 is 22.8. The highest BCUT2D eigenvalue weighted by Crippen LogP contribution is 2.30. The third-order valence-corrected chi connectivity index (χ3v) is 13.5. The highest BCUT2D eigenvalue weighted by Gasteiger charge is 2.51. The summed E-state index contributed by atoms with van der Waals surface area (Å²) in [7, 11) is 0. The van der Waals surface area contributed by atoms with E-state index in [-0.39, 0.29) is 18.9 Å². The number of carbonyl (C=O) groups is 1. The maximum atomic E-state index is 13.2. The van der Waals surface area contributed by atoms with Crippen LogP contribution in [-0.2, 0) is 23.7 Å². The Bertz CT molecular complexity index is 1420. The van der Waals surface area contributed by atoms with E-state index in [0.717, 1.165) is 96.3 Å². The van der Waals surface area contributed by atoms with Crippen molar-refractivity contribution in [2.75, 3.05) is 19.8 Å². The average molecular weight is 1010 g/mol. The van der Waals surface area contributed by atoms with Gasteiger partial charge in [0.1, 0.15) is 48.8 Å². The summed E-state index contributed by atoms with van der Waals surface area (Å²) in [5.74, 6) is -0.220. The molecule has 412 valence electrons. The van der Waals surface area contributed by atoms with Gasteiger partial charge in [0.15, 0.2) is 12.6 Å². The lowest BCUT2D eigenvalue weighted by Gasteiger charge is -2.46. The lowest BCUT2D eigenvalue weighted by Crippen LogP contribution is -2.65. The Balaban J connectivity index is 1.77. The van der Waals surface area contributed by atoms with Crippen molar-refractivity contribution in [2.45, 2.75) is 274 Å². The number of rotatable bonds is 43. The smallest absolute Gasteiger partial charge is 0.220 e. The molecule has 2 heterocycles. The molecule has 0 aromatic carbocycles. The molecule has 2 aliphatic heterocycles. The van der Waals surface area contributed by atoms with Crippen LogP contribution >= 0.6 is 0 Å². The molecule has 71 heavy (non-hydrogen) atoms. The number of allylic oxidation sites excluding steroid dienone is 10.